The Balaban J connectivity index is 4.48. The predicted octanol–water partition coefficient (Wildman–Crippen LogP) is 11.3. The van der Waals surface area contributed by atoms with Crippen LogP contribution in [-0.4, -0.2) is 73.4 Å². The first kappa shape index (κ1) is 52.2. The molecule has 0 rings (SSSR count). The zero-order valence-corrected chi connectivity index (χ0v) is 36.0. The van der Waals surface area contributed by atoms with Gasteiger partial charge in [0, 0.05) is 6.42 Å². The number of rotatable bonds is 35. The Labute approximate surface area is 336 Å². The van der Waals surface area contributed by atoms with Crippen LogP contribution in [0.4, 0.5) is 0 Å². The summed E-state index contributed by atoms with van der Waals surface area (Å²) < 4.78 is 23.4. The van der Waals surface area contributed by atoms with E-state index in [9.17, 15) is 19.4 Å². The maximum absolute atomic E-state index is 12.8. The normalized spacial score (nSPS) is 15.5. The lowest BCUT2D eigenvalue weighted by Gasteiger charge is -2.25. The number of aliphatic hydroxyl groups excluding tert-OH is 1. The Kier molecular flexibility index (Phi) is 34.9. The molecule has 0 spiro atoms. The average Bonchev–Trinajstić information content (AvgIpc) is 3.13. The van der Waals surface area contributed by atoms with Crippen LogP contribution in [0.1, 0.15) is 123 Å². The first-order valence-electron chi connectivity index (χ1n) is 20.8. The number of allylic oxidation sites excluding steroid dienone is 17. The quantitative estimate of drug-likeness (QED) is 0.0256. The molecule has 0 bridgehead atoms. The summed E-state index contributed by atoms with van der Waals surface area (Å²) in [6.45, 7) is 4.48. The molecule has 0 aliphatic rings. The van der Waals surface area contributed by atoms with Crippen LogP contribution >= 0.6 is 7.82 Å². The first-order chi connectivity index (χ1) is 26.5. The van der Waals surface area contributed by atoms with Gasteiger partial charge in [-0.3, -0.25) is 13.8 Å². The molecule has 0 saturated carbocycles. The average molecular weight is 786 g/mol. The number of hydrogen-bond donors (Lipinski definition) is 3. The van der Waals surface area contributed by atoms with Crippen LogP contribution in [0.2, 0.25) is 0 Å². The van der Waals surface area contributed by atoms with Crippen molar-refractivity contribution in [3.05, 3.63) is 109 Å². The number of unbranched alkanes of at least 4 members (excludes halogenated alkanes) is 6. The SMILES string of the molecule is CC/C=C\C/C=C\C/C=C\C/C=C\C/C=C\C/C=C\CCCCCCC(=O)NC(COP(=O)(O)OCC[N+](C)(C)C)C(O)/C=C/CC/C=C/CC/C=C/CC. The summed E-state index contributed by atoms with van der Waals surface area (Å²) in [4.78, 5) is 23.0. The van der Waals surface area contributed by atoms with Crippen molar-refractivity contribution in [2.24, 2.45) is 0 Å². The fourth-order valence-electron chi connectivity index (χ4n) is 4.96. The minimum absolute atomic E-state index is 0.0409. The zero-order chi connectivity index (χ0) is 40.7. The molecule has 0 aromatic heterocycles. The van der Waals surface area contributed by atoms with E-state index in [2.05, 4.69) is 116 Å². The van der Waals surface area contributed by atoms with Gasteiger partial charge < -0.3 is 19.8 Å². The Morgan fingerprint density at radius 2 is 1.05 bits per heavy atom. The van der Waals surface area contributed by atoms with E-state index in [4.69, 9.17) is 9.05 Å². The number of aliphatic hydroxyl groups is 1. The van der Waals surface area contributed by atoms with Gasteiger partial charge in [0.15, 0.2) is 0 Å². The number of nitrogens with one attached hydrogen (secondary N) is 1. The highest BCUT2D eigenvalue weighted by molar-refractivity contribution is 7.47. The monoisotopic (exact) mass is 786 g/mol. The Bertz CT molecular complexity index is 1260. The van der Waals surface area contributed by atoms with Gasteiger partial charge in [-0.15, -0.1) is 0 Å². The molecule has 0 aliphatic carbocycles. The van der Waals surface area contributed by atoms with Gasteiger partial charge in [-0.1, -0.05) is 136 Å². The van der Waals surface area contributed by atoms with Crippen LogP contribution in [0, 0.1) is 0 Å². The number of hydrogen-bond acceptors (Lipinski definition) is 5. The van der Waals surface area contributed by atoms with E-state index in [1.165, 1.54) is 0 Å². The number of carbonyl (C=O) groups is 1. The Morgan fingerprint density at radius 1 is 0.618 bits per heavy atom. The summed E-state index contributed by atoms with van der Waals surface area (Å²) in [6.07, 6.45) is 53.2. The van der Waals surface area contributed by atoms with E-state index in [0.717, 1.165) is 103 Å². The number of nitrogens with zero attached hydrogens (tertiary/aromatic N) is 1. The second kappa shape index (κ2) is 36.8. The van der Waals surface area contributed by atoms with E-state index in [0.29, 0.717) is 17.4 Å². The van der Waals surface area contributed by atoms with Gasteiger partial charge in [-0.2, -0.15) is 0 Å². The van der Waals surface area contributed by atoms with E-state index in [1.54, 1.807) is 6.08 Å². The smallest absolute Gasteiger partial charge is 0.387 e. The lowest BCUT2D eigenvalue weighted by atomic mass is 10.1. The van der Waals surface area contributed by atoms with Crippen molar-refractivity contribution < 1.29 is 32.9 Å². The van der Waals surface area contributed by atoms with E-state index in [-0.39, 0.29) is 19.1 Å². The highest BCUT2D eigenvalue weighted by atomic mass is 31.2. The molecule has 9 heteroatoms. The standard InChI is InChI=1S/C46H77N2O6P/c1-6-8-10-12-14-16-18-19-20-21-22-23-24-25-26-27-28-29-30-32-34-36-38-40-46(50)47-44(43-54-55(51,52)53-42-41-48(3,4)5)45(49)39-37-35-33-31-17-15-13-11-9-7-2/h8-11,14,16-17,19-20,22-23,25-26,28-29,31,37,39,44-45,49H,6-7,12-13,15,18,21,24,27,30,32-36,38,40-43H2,1-5H3,(H-,47,50,51,52)/p+1/b10-8-,11-9+,16-14-,20-19-,23-22-,26-25-,29-28-,31-17+,39-37+. The molecule has 3 N–H and O–H groups in total. The molecule has 3 atom stereocenters. The summed E-state index contributed by atoms with van der Waals surface area (Å²) in [5, 5.41) is 13.7. The van der Waals surface area contributed by atoms with Crippen molar-refractivity contribution in [1.29, 1.82) is 0 Å². The number of phosphoric acid groups is 1. The molecule has 3 unspecified atom stereocenters. The summed E-state index contributed by atoms with van der Waals surface area (Å²) in [5.74, 6) is -0.225. The fraction of sp³-hybridized carbons (Fsp3) is 0.587. The van der Waals surface area contributed by atoms with Gasteiger partial charge in [0.05, 0.1) is 39.9 Å². The minimum atomic E-state index is -4.36. The maximum atomic E-state index is 12.8. The summed E-state index contributed by atoms with van der Waals surface area (Å²) >= 11 is 0. The molecular formula is C46H78N2O6P+. The summed E-state index contributed by atoms with van der Waals surface area (Å²) in [5.41, 5.74) is 0. The third kappa shape index (κ3) is 39.2. The second-order valence-corrected chi connectivity index (χ2v) is 16.0. The molecular weight excluding hydrogens is 707 g/mol. The largest absolute Gasteiger partial charge is 0.472 e. The molecule has 1 amide bonds. The highest BCUT2D eigenvalue weighted by Gasteiger charge is 2.27. The third-order valence-electron chi connectivity index (χ3n) is 8.22. The van der Waals surface area contributed by atoms with E-state index >= 15 is 0 Å². The van der Waals surface area contributed by atoms with E-state index in [1.807, 2.05) is 27.2 Å². The lowest BCUT2D eigenvalue weighted by Crippen LogP contribution is -2.45. The van der Waals surface area contributed by atoms with Gasteiger partial charge in [0.25, 0.3) is 0 Å². The molecule has 0 aliphatic heterocycles. The molecule has 8 nitrogen and oxygen atoms in total. The molecule has 0 fully saturated rings. The Morgan fingerprint density at radius 3 is 1.58 bits per heavy atom. The van der Waals surface area contributed by atoms with Crippen LogP contribution in [0.25, 0.3) is 0 Å². The van der Waals surface area contributed by atoms with Crippen LogP contribution in [0.5, 0.6) is 0 Å². The molecule has 0 aromatic carbocycles. The van der Waals surface area contributed by atoms with Crippen molar-refractivity contribution >= 4 is 13.7 Å². The summed E-state index contributed by atoms with van der Waals surface area (Å²) in [6, 6.07) is -0.889. The van der Waals surface area contributed by atoms with Gasteiger partial charge in [0.1, 0.15) is 13.2 Å². The maximum Gasteiger partial charge on any atom is 0.472 e. The zero-order valence-electron chi connectivity index (χ0n) is 35.1. The lowest BCUT2D eigenvalue weighted by molar-refractivity contribution is -0.870. The number of carbonyl (C=O) groups excluding carboxylic acids is 1. The fourth-order valence-corrected chi connectivity index (χ4v) is 5.70. The van der Waals surface area contributed by atoms with Crippen molar-refractivity contribution in [2.75, 3.05) is 40.9 Å². The van der Waals surface area contributed by atoms with Gasteiger partial charge in [0.2, 0.25) is 5.91 Å². The molecule has 0 aromatic rings. The van der Waals surface area contributed by atoms with E-state index < -0.39 is 20.0 Å². The third-order valence-corrected chi connectivity index (χ3v) is 9.20. The minimum Gasteiger partial charge on any atom is -0.387 e. The second-order valence-electron chi connectivity index (χ2n) is 14.6. The van der Waals surface area contributed by atoms with Crippen LogP contribution in [0.3, 0.4) is 0 Å². The van der Waals surface area contributed by atoms with Gasteiger partial charge in [-0.25, -0.2) is 4.57 Å². The van der Waals surface area contributed by atoms with Crippen molar-refractivity contribution in [3.8, 4) is 0 Å². The molecule has 0 radical (unpaired) electrons. The molecule has 0 heterocycles. The topological polar surface area (TPSA) is 105 Å². The highest BCUT2D eigenvalue weighted by Crippen LogP contribution is 2.43. The number of phosphoric ester groups is 1. The van der Waals surface area contributed by atoms with Crippen LogP contribution < -0.4 is 5.32 Å². The van der Waals surface area contributed by atoms with Gasteiger partial charge in [-0.05, 0) is 89.9 Å². The first-order valence-corrected chi connectivity index (χ1v) is 22.3. The predicted molar refractivity (Wildman–Crippen MR) is 235 cm³/mol. The van der Waals surface area contributed by atoms with Crippen LogP contribution in [-0.2, 0) is 18.4 Å². The summed E-state index contributed by atoms with van der Waals surface area (Å²) in [7, 11) is 1.50. The molecule has 0 saturated heterocycles. The van der Waals surface area contributed by atoms with Gasteiger partial charge >= 0.3 is 7.82 Å². The Hall–Kier alpha value is -2.84. The molecule has 55 heavy (non-hydrogen) atoms. The number of likely N-dealkylation sites (N-methyl/N-ethyl adjacent to an activating group) is 1. The van der Waals surface area contributed by atoms with Crippen molar-refractivity contribution in [1.82, 2.24) is 5.32 Å². The van der Waals surface area contributed by atoms with Crippen LogP contribution in [0.15, 0.2) is 109 Å². The number of amides is 1. The van der Waals surface area contributed by atoms with Crippen molar-refractivity contribution in [3.63, 3.8) is 0 Å². The van der Waals surface area contributed by atoms with Crippen molar-refractivity contribution in [2.45, 2.75) is 135 Å². The molecule has 312 valence electrons. The number of quaternary nitrogens is 1.